The number of hydrogen-bond acceptors (Lipinski definition) is 4. The van der Waals surface area contributed by atoms with Gasteiger partial charge in [0.05, 0.1) is 12.2 Å². The number of anilines is 1. The smallest absolute Gasteiger partial charge is 0.262 e. The van der Waals surface area contributed by atoms with Crippen LogP contribution in [0, 0.1) is 6.92 Å². The maximum Gasteiger partial charge on any atom is 0.262 e. The van der Waals surface area contributed by atoms with E-state index in [0.717, 1.165) is 11.3 Å². The van der Waals surface area contributed by atoms with Crippen molar-refractivity contribution >= 4 is 34.9 Å². The summed E-state index contributed by atoms with van der Waals surface area (Å²) >= 11 is 1.63. The minimum Gasteiger partial charge on any atom is -0.477 e. The van der Waals surface area contributed by atoms with Gasteiger partial charge in [-0.25, -0.2) is 0 Å². The fourth-order valence-corrected chi connectivity index (χ4v) is 3.51. The van der Waals surface area contributed by atoms with Crippen LogP contribution in [0.15, 0.2) is 42.5 Å². The molecular weight excluding hydrogens is 348 g/mol. The zero-order valence-electron chi connectivity index (χ0n) is 14.9. The number of benzene rings is 1. The number of carbonyl (C=O) groups excluding carboxylic acids is 2. The first-order valence-corrected chi connectivity index (χ1v) is 9.49. The van der Waals surface area contributed by atoms with E-state index in [1.165, 1.54) is 4.88 Å². The molecule has 2 aromatic rings. The largest absolute Gasteiger partial charge is 0.477 e. The van der Waals surface area contributed by atoms with Gasteiger partial charge in [0.15, 0.2) is 6.10 Å². The van der Waals surface area contributed by atoms with Crippen molar-refractivity contribution in [2.45, 2.75) is 26.4 Å². The summed E-state index contributed by atoms with van der Waals surface area (Å²) in [5.74, 6) is 0.182. The van der Waals surface area contributed by atoms with E-state index in [1.807, 2.05) is 50.3 Å². The van der Waals surface area contributed by atoms with Gasteiger partial charge >= 0.3 is 0 Å². The predicted molar refractivity (Wildman–Crippen MR) is 105 cm³/mol. The molecule has 0 aliphatic carbocycles. The Morgan fingerprint density at radius 2 is 2.12 bits per heavy atom. The van der Waals surface area contributed by atoms with Crippen LogP contribution in [0.5, 0.6) is 5.75 Å². The Balaban J connectivity index is 1.80. The molecule has 26 heavy (non-hydrogen) atoms. The number of fused-ring (bicyclic) bond motifs is 1. The molecule has 0 radical (unpaired) electrons. The van der Waals surface area contributed by atoms with E-state index >= 15 is 0 Å². The lowest BCUT2D eigenvalue weighted by Crippen LogP contribution is -2.50. The number of hydrogen-bond donors (Lipinski definition) is 1. The summed E-state index contributed by atoms with van der Waals surface area (Å²) in [6.07, 6.45) is 3.50. The Bertz CT molecular complexity index is 828. The maximum atomic E-state index is 12.8. The Kier molecular flexibility index (Phi) is 5.73. The van der Waals surface area contributed by atoms with E-state index in [2.05, 4.69) is 5.32 Å². The van der Waals surface area contributed by atoms with Gasteiger partial charge < -0.3 is 15.0 Å². The van der Waals surface area contributed by atoms with Crippen molar-refractivity contribution in [3.8, 4) is 5.75 Å². The number of carbonyl (C=O) groups is 2. The van der Waals surface area contributed by atoms with Crippen LogP contribution in [0.3, 0.4) is 0 Å². The monoisotopic (exact) mass is 370 g/mol. The van der Waals surface area contributed by atoms with Crippen molar-refractivity contribution in [1.82, 2.24) is 5.32 Å². The highest BCUT2D eigenvalue weighted by Crippen LogP contribution is 2.33. The fraction of sp³-hybridized carbons (Fsp3) is 0.300. The summed E-state index contributed by atoms with van der Waals surface area (Å²) in [6.45, 7) is 4.80. The van der Waals surface area contributed by atoms with E-state index in [-0.39, 0.29) is 18.4 Å². The van der Waals surface area contributed by atoms with Gasteiger partial charge in [0.2, 0.25) is 0 Å². The molecule has 1 atom stereocenters. The van der Waals surface area contributed by atoms with Crippen LogP contribution in [0.25, 0.3) is 6.08 Å². The Hall–Kier alpha value is -2.60. The molecule has 5 nitrogen and oxygen atoms in total. The van der Waals surface area contributed by atoms with Crippen LogP contribution < -0.4 is 15.0 Å². The number of nitrogens with zero attached hydrogens (tertiary/aromatic N) is 1. The third-order valence-corrected chi connectivity index (χ3v) is 5.00. The second-order valence-corrected chi connectivity index (χ2v) is 7.42. The second-order valence-electron chi connectivity index (χ2n) is 6.10. The molecule has 0 unspecified atom stereocenters. The molecule has 3 rings (SSSR count). The summed E-state index contributed by atoms with van der Waals surface area (Å²) in [4.78, 5) is 28.9. The summed E-state index contributed by atoms with van der Waals surface area (Å²) in [5, 5.41) is 2.83. The van der Waals surface area contributed by atoms with Gasteiger partial charge in [0, 0.05) is 22.4 Å². The SMILES string of the molecule is CCCNC(=O)[C@H]1CN(C(=O)/C=C/c2ccc(C)s2)c2ccccc2O1. The van der Waals surface area contributed by atoms with Gasteiger partial charge in [-0.3, -0.25) is 9.59 Å². The number of para-hydroxylation sites is 2. The third-order valence-electron chi connectivity index (χ3n) is 4.03. The first-order valence-electron chi connectivity index (χ1n) is 8.68. The molecular formula is C20H22N2O3S. The van der Waals surface area contributed by atoms with E-state index in [0.29, 0.717) is 18.0 Å². The van der Waals surface area contributed by atoms with Gasteiger partial charge in [-0.1, -0.05) is 19.1 Å². The van der Waals surface area contributed by atoms with Gasteiger partial charge in [0.1, 0.15) is 5.75 Å². The fourth-order valence-electron chi connectivity index (χ4n) is 2.73. The molecule has 1 aliphatic rings. The van der Waals surface area contributed by atoms with E-state index in [9.17, 15) is 9.59 Å². The van der Waals surface area contributed by atoms with Crippen LogP contribution in [0.4, 0.5) is 5.69 Å². The maximum absolute atomic E-state index is 12.8. The lowest BCUT2D eigenvalue weighted by atomic mass is 10.1. The van der Waals surface area contributed by atoms with Crippen LogP contribution in [0.1, 0.15) is 23.1 Å². The highest BCUT2D eigenvalue weighted by Gasteiger charge is 2.32. The Morgan fingerprint density at radius 3 is 2.85 bits per heavy atom. The summed E-state index contributed by atoms with van der Waals surface area (Å²) in [6, 6.07) is 11.3. The van der Waals surface area contributed by atoms with E-state index in [1.54, 1.807) is 28.4 Å². The van der Waals surface area contributed by atoms with E-state index < -0.39 is 6.10 Å². The van der Waals surface area contributed by atoms with Gasteiger partial charge in [-0.2, -0.15) is 0 Å². The molecule has 0 bridgehead atoms. The molecule has 2 amide bonds. The average molecular weight is 370 g/mol. The number of rotatable bonds is 5. The molecule has 0 fully saturated rings. The molecule has 0 saturated heterocycles. The summed E-state index contributed by atoms with van der Waals surface area (Å²) in [5.41, 5.74) is 0.684. The molecule has 1 aromatic carbocycles. The zero-order chi connectivity index (χ0) is 18.5. The minimum absolute atomic E-state index is 0.167. The van der Waals surface area contributed by atoms with E-state index in [4.69, 9.17) is 4.74 Å². The molecule has 6 heteroatoms. The molecule has 1 aromatic heterocycles. The molecule has 136 valence electrons. The number of aryl methyl sites for hydroxylation is 1. The topological polar surface area (TPSA) is 58.6 Å². The minimum atomic E-state index is -0.710. The van der Waals surface area contributed by atoms with Crippen molar-refractivity contribution in [3.05, 3.63) is 52.2 Å². The zero-order valence-corrected chi connectivity index (χ0v) is 15.7. The Morgan fingerprint density at radius 1 is 1.31 bits per heavy atom. The summed E-state index contributed by atoms with van der Waals surface area (Å²) < 4.78 is 5.81. The number of nitrogens with one attached hydrogen (secondary N) is 1. The van der Waals surface area contributed by atoms with Crippen molar-refractivity contribution in [1.29, 1.82) is 0 Å². The molecule has 0 saturated carbocycles. The highest BCUT2D eigenvalue weighted by atomic mass is 32.1. The van der Waals surface area contributed by atoms with Gasteiger partial charge in [-0.15, -0.1) is 11.3 Å². The second kappa shape index (κ2) is 8.19. The first-order chi connectivity index (χ1) is 12.6. The molecule has 1 N–H and O–H groups in total. The van der Waals surface area contributed by atoms with Crippen molar-refractivity contribution in [3.63, 3.8) is 0 Å². The van der Waals surface area contributed by atoms with Crippen molar-refractivity contribution < 1.29 is 14.3 Å². The first kappa shape index (κ1) is 18.2. The standard InChI is InChI=1S/C20H22N2O3S/c1-3-12-21-20(24)18-13-22(16-6-4-5-7-17(16)25-18)19(23)11-10-15-9-8-14(2)26-15/h4-11,18H,3,12-13H2,1-2H3,(H,21,24)/b11-10+/t18-/m1/s1. The average Bonchev–Trinajstić information content (AvgIpc) is 3.08. The number of amides is 2. The third kappa shape index (κ3) is 4.14. The number of ether oxygens (including phenoxy) is 1. The molecule has 1 aliphatic heterocycles. The quantitative estimate of drug-likeness (QED) is 0.821. The van der Waals surface area contributed by atoms with Crippen molar-refractivity contribution in [2.24, 2.45) is 0 Å². The highest BCUT2D eigenvalue weighted by molar-refractivity contribution is 7.12. The lowest BCUT2D eigenvalue weighted by molar-refractivity contribution is -0.128. The molecule has 0 spiro atoms. The molecule has 2 heterocycles. The normalized spacial score (nSPS) is 16.2. The van der Waals surface area contributed by atoms with Crippen LogP contribution in [-0.2, 0) is 9.59 Å². The van der Waals surface area contributed by atoms with Crippen LogP contribution in [0.2, 0.25) is 0 Å². The van der Waals surface area contributed by atoms with Gasteiger partial charge in [-0.05, 0) is 43.7 Å². The summed E-state index contributed by atoms with van der Waals surface area (Å²) in [7, 11) is 0. The predicted octanol–water partition coefficient (Wildman–Crippen LogP) is 3.39. The van der Waals surface area contributed by atoms with Crippen LogP contribution in [-0.4, -0.2) is 31.0 Å². The van der Waals surface area contributed by atoms with Crippen molar-refractivity contribution in [2.75, 3.05) is 18.0 Å². The Labute approximate surface area is 157 Å². The van der Waals surface area contributed by atoms with Crippen LogP contribution >= 0.6 is 11.3 Å². The lowest BCUT2D eigenvalue weighted by Gasteiger charge is -2.33. The number of thiophene rings is 1. The van der Waals surface area contributed by atoms with Gasteiger partial charge in [0.25, 0.3) is 11.8 Å².